The summed E-state index contributed by atoms with van der Waals surface area (Å²) in [6.07, 6.45) is 29.6. The van der Waals surface area contributed by atoms with E-state index in [1.807, 2.05) is 0 Å². The number of rotatable bonds is 40. The molecule has 0 aromatic rings. The summed E-state index contributed by atoms with van der Waals surface area (Å²) in [7, 11) is 0. The third kappa shape index (κ3) is 28.7. The molecule has 15 heteroatoms. The van der Waals surface area contributed by atoms with E-state index in [0.29, 0.717) is 12.8 Å². The summed E-state index contributed by atoms with van der Waals surface area (Å²) in [5.41, 5.74) is 0. The van der Waals surface area contributed by atoms with Crippen LogP contribution in [0.4, 0.5) is 0 Å². The van der Waals surface area contributed by atoms with Gasteiger partial charge in [-0.25, -0.2) is 0 Å². The number of hydrogen-bond donors (Lipinski definition) is 7. The predicted octanol–water partition coefficient (Wildman–Crippen LogP) is 7.66. The molecule has 2 aliphatic rings. The van der Waals surface area contributed by atoms with Crippen LogP contribution in [0.5, 0.6) is 0 Å². The van der Waals surface area contributed by atoms with Gasteiger partial charge in [-0.1, -0.05) is 145 Å². The molecule has 0 aromatic heterocycles. The Bertz CT molecular complexity index is 1430. The number of carbonyl (C=O) groups is 2. The number of allylic oxidation sites excluding steroid dienone is 10. The van der Waals surface area contributed by atoms with Crippen molar-refractivity contribution in [1.29, 1.82) is 0 Å². The van der Waals surface area contributed by atoms with E-state index >= 15 is 0 Å². The van der Waals surface area contributed by atoms with Crippen LogP contribution in [0.15, 0.2) is 60.8 Å². The molecule has 0 aromatic carbocycles. The van der Waals surface area contributed by atoms with E-state index in [9.17, 15) is 45.3 Å². The Morgan fingerprint density at radius 3 is 1.45 bits per heavy atom. The monoisotopic (exact) mass is 981 g/mol. The molecule has 11 atom stereocenters. The Morgan fingerprint density at radius 2 is 0.913 bits per heavy atom. The van der Waals surface area contributed by atoms with Gasteiger partial charge in [-0.05, 0) is 77.0 Å². The quantitative estimate of drug-likeness (QED) is 0.0178. The second kappa shape index (κ2) is 40.8. The Balaban J connectivity index is 1.82. The van der Waals surface area contributed by atoms with Gasteiger partial charge in [0.15, 0.2) is 18.7 Å². The summed E-state index contributed by atoms with van der Waals surface area (Å²) in [6.45, 7) is 2.43. The molecular formula is C54H92O15. The van der Waals surface area contributed by atoms with Crippen molar-refractivity contribution in [1.82, 2.24) is 0 Å². The molecule has 2 aliphatic heterocycles. The van der Waals surface area contributed by atoms with Crippen LogP contribution in [0.1, 0.15) is 174 Å². The van der Waals surface area contributed by atoms with Crippen molar-refractivity contribution in [3.8, 4) is 0 Å². The van der Waals surface area contributed by atoms with Crippen molar-refractivity contribution in [3.63, 3.8) is 0 Å². The molecule has 2 fully saturated rings. The normalized spacial score (nSPS) is 26.0. The maximum Gasteiger partial charge on any atom is 0.306 e. The van der Waals surface area contributed by atoms with Gasteiger partial charge in [0.1, 0.15) is 55.4 Å². The maximum absolute atomic E-state index is 13.0. The lowest BCUT2D eigenvalue weighted by atomic mass is 9.98. The van der Waals surface area contributed by atoms with E-state index in [2.05, 4.69) is 74.6 Å². The van der Waals surface area contributed by atoms with Crippen LogP contribution in [0, 0.1) is 0 Å². The zero-order valence-corrected chi connectivity index (χ0v) is 42.0. The maximum atomic E-state index is 13.0. The molecule has 0 saturated carbocycles. The fourth-order valence-corrected chi connectivity index (χ4v) is 7.91. The minimum Gasteiger partial charge on any atom is -0.462 e. The van der Waals surface area contributed by atoms with E-state index in [1.54, 1.807) is 0 Å². The third-order valence-electron chi connectivity index (χ3n) is 12.2. The van der Waals surface area contributed by atoms with Crippen molar-refractivity contribution in [2.45, 2.75) is 242 Å². The molecule has 11 unspecified atom stereocenters. The number of carbonyl (C=O) groups excluding carboxylic acids is 2. The summed E-state index contributed by atoms with van der Waals surface area (Å²) >= 11 is 0. The fraction of sp³-hybridized carbons (Fsp3) is 0.778. The minimum absolute atomic E-state index is 0.133. The summed E-state index contributed by atoms with van der Waals surface area (Å²) in [6, 6.07) is 0. The molecule has 0 aliphatic carbocycles. The summed E-state index contributed by atoms with van der Waals surface area (Å²) < 4.78 is 33.6. The highest BCUT2D eigenvalue weighted by Crippen LogP contribution is 2.26. The lowest BCUT2D eigenvalue weighted by molar-refractivity contribution is -0.332. The first-order valence-electron chi connectivity index (χ1n) is 26.4. The smallest absolute Gasteiger partial charge is 0.306 e. The Hall–Kier alpha value is -2.80. The minimum atomic E-state index is -1.77. The van der Waals surface area contributed by atoms with Crippen LogP contribution < -0.4 is 0 Å². The zero-order chi connectivity index (χ0) is 50.3. The van der Waals surface area contributed by atoms with Crippen LogP contribution in [0.3, 0.4) is 0 Å². The Labute approximate surface area is 413 Å². The number of hydrogen-bond acceptors (Lipinski definition) is 15. The van der Waals surface area contributed by atoms with E-state index in [-0.39, 0.29) is 19.4 Å². The van der Waals surface area contributed by atoms with E-state index < -0.39 is 99.3 Å². The predicted molar refractivity (Wildman–Crippen MR) is 266 cm³/mol. The molecular weight excluding hydrogens is 889 g/mol. The Morgan fingerprint density at radius 1 is 0.478 bits per heavy atom. The molecule has 0 radical (unpaired) electrons. The summed E-state index contributed by atoms with van der Waals surface area (Å²) in [4.78, 5) is 25.8. The molecule has 0 bridgehead atoms. The number of ether oxygens (including phenoxy) is 6. The third-order valence-corrected chi connectivity index (χ3v) is 12.2. The van der Waals surface area contributed by atoms with E-state index in [0.717, 1.165) is 89.9 Å². The molecule has 0 spiro atoms. The van der Waals surface area contributed by atoms with Crippen LogP contribution in [-0.2, 0) is 38.0 Å². The standard InChI is InChI=1S/C54H92O15/c1-3-5-7-9-11-13-15-17-19-21-23-25-27-29-31-33-35-37-46(57)67-42(39-64-45(56)36-34-32-30-28-26-24-22-20-18-16-14-12-10-8-6-4-2)40-65-53-52(63)50(61)48(59)44(69-53)41-66-54-51(62)49(60)47(58)43(38-55)68-54/h5,7,11,13,17,19-20,22-23,25,42-44,47-55,58-63H,3-4,6,8-10,12,14-16,18,21,24,26-41H2,1-2H3/b7-5-,13-11-,19-17-,22-20-,25-23-. The molecule has 15 nitrogen and oxygen atoms in total. The molecule has 0 amide bonds. The van der Waals surface area contributed by atoms with Gasteiger partial charge >= 0.3 is 11.9 Å². The largest absolute Gasteiger partial charge is 0.462 e. The van der Waals surface area contributed by atoms with Gasteiger partial charge in [0.25, 0.3) is 0 Å². The van der Waals surface area contributed by atoms with Crippen molar-refractivity contribution in [2.75, 3.05) is 26.4 Å². The Kier molecular flexibility index (Phi) is 36.8. The highest BCUT2D eigenvalue weighted by molar-refractivity contribution is 5.70. The lowest BCUT2D eigenvalue weighted by Crippen LogP contribution is -2.61. The highest BCUT2D eigenvalue weighted by atomic mass is 16.7. The van der Waals surface area contributed by atoms with E-state index in [4.69, 9.17) is 28.4 Å². The summed E-state index contributed by atoms with van der Waals surface area (Å²) in [5, 5.41) is 72.1. The molecule has 2 rings (SSSR count). The van der Waals surface area contributed by atoms with Crippen molar-refractivity contribution in [2.24, 2.45) is 0 Å². The van der Waals surface area contributed by atoms with Gasteiger partial charge in [-0.2, -0.15) is 0 Å². The van der Waals surface area contributed by atoms with Crippen LogP contribution in [0.25, 0.3) is 0 Å². The van der Waals surface area contributed by atoms with E-state index in [1.165, 1.54) is 44.9 Å². The molecule has 69 heavy (non-hydrogen) atoms. The van der Waals surface area contributed by atoms with Gasteiger partial charge in [-0.15, -0.1) is 0 Å². The van der Waals surface area contributed by atoms with Gasteiger partial charge in [0, 0.05) is 12.8 Å². The summed E-state index contributed by atoms with van der Waals surface area (Å²) in [5.74, 6) is -0.965. The topological polar surface area (TPSA) is 231 Å². The van der Waals surface area contributed by atoms with Gasteiger partial charge in [0.2, 0.25) is 0 Å². The first-order chi connectivity index (χ1) is 33.5. The van der Waals surface area contributed by atoms with Crippen LogP contribution in [0.2, 0.25) is 0 Å². The average molecular weight is 981 g/mol. The number of aliphatic hydroxyl groups is 7. The second-order valence-electron chi connectivity index (χ2n) is 18.3. The lowest BCUT2D eigenvalue weighted by Gasteiger charge is -2.42. The first kappa shape index (κ1) is 62.3. The van der Waals surface area contributed by atoms with Crippen molar-refractivity contribution < 1.29 is 73.8 Å². The fourth-order valence-electron chi connectivity index (χ4n) is 7.91. The number of unbranched alkanes of at least 4 members (excludes halogenated alkanes) is 16. The second-order valence-corrected chi connectivity index (χ2v) is 18.3. The zero-order valence-electron chi connectivity index (χ0n) is 42.0. The SMILES string of the molecule is CC/C=C\C/C=C\C/C=C\C/C=C\CCCCCCC(=O)OC(COC(=O)CCCCCCC/C=C\CCCCCCCCC)COC1OC(COC2OC(CO)C(O)C(O)C2O)C(O)C(O)C1O. The number of aliphatic hydroxyl groups excluding tert-OH is 7. The van der Waals surface area contributed by atoms with Crippen LogP contribution >= 0.6 is 0 Å². The molecule has 2 saturated heterocycles. The van der Waals surface area contributed by atoms with Crippen LogP contribution in [-0.4, -0.2) is 142 Å². The average Bonchev–Trinajstić information content (AvgIpc) is 3.34. The van der Waals surface area contributed by atoms with Crippen molar-refractivity contribution >= 4 is 11.9 Å². The molecule has 7 N–H and O–H groups in total. The van der Waals surface area contributed by atoms with Gasteiger partial charge in [0.05, 0.1) is 19.8 Å². The number of esters is 2. The first-order valence-corrected chi connectivity index (χ1v) is 26.4. The van der Waals surface area contributed by atoms with Gasteiger partial charge in [-0.3, -0.25) is 9.59 Å². The van der Waals surface area contributed by atoms with Gasteiger partial charge < -0.3 is 64.2 Å². The van der Waals surface area contributed by atoms with Crippen molar-refractivity contribution in [3.05, 3.63) is 60.8 Å². The highest BCUT2D eigenvalue weighted by Gasteiger charge is 2.47. The molecule has 2 heterocycles. The molecule has 398 valence electrons.